The number of rotatable bonds is 8. The standard InChI is InChI=1S/C24H20FN3O3S/c1-16-5-10-21(31-16)14-27-23(30)18-3-2-4-20(13-18)28-12-11-26-24(28)32-15-22(29)17-6-8-19(25)9-7-17/h2-13H,14-15H2,1H3,(H,27,30). The number of carbonyl (C=O) groups excluding carboxylic acids is 2. The molecular formula is C24H20FN3O3S. The predicted molar refractivity (Wildman–Crippen MR) is 120 cm³/mol. The summed E-state index contributed by atoms with van der Waals surface area (Å²) >= 11 is 1.28. The number of benzene rings is 2. The number of hydrogen-bond acceptors (Lipinski definition) is 5. The van der Waals surface area contributed by atoms with E-state index >= 15 is 0 Å². The molecule has 0 bridgehead atoms. The number of ketones is 1. The second-order valence-electron chi connectivity index (χ2n) is 7.04. The minimum atomic E-state index is -0.382. The molecule has 0 aliphatic heterocycles. The third-order valence-electron chi connectivity index (χ3n) is 4.71. The summed E-state index contributed by atoms with van der Waals surface area (Å²) in [5, 5.41) is 3.46. The lowest BCUT2D eigenvalue weighted by Gasteiger charge is -2.10. The largest absolute Gasteiger partial charge is 0.465 e. The molecule has 0 atom stereocenters. The smallest absolute Gasteiger partial charge is 0.251 e. The maximum atomic E-state index is 13.1. The average molecular weight is 450 g/mol. The molecule has 0 unspecified atom stereocenters. The van der Waals surface area contributed by atoms with Crippen molar-refractivity contribution in [3.05, 3.63) is 102 Å². The van der Waals surface area contributed by atoms with Gasteiger partial charge in [-0.25, -0.2) is 9.37 Å². The number of amides is 1. The Morgan fingerprint density at radius 3 is 2.66 bits per heavy atom. The Kier molecular flexibility index (Phi) is 6.51. The van der Waals surface area contributed by atoms with E-state index in [1.807, 2.05) is 29.7 Å². The second kappa shape index (κ2) is 9.65. The van der Waals surface area contributed by atoms with Gasteiger partial charge in [-0.3, -0.25) is 14.2 Å². The molecule has 1 amide bonds. The average Bonchev–Trinajstić information content (AvgIpc) is 3.45. The molecule has 0 aliphatic carbocycles. The van der Waals surface area contributed by atoms with E-state index in [0.29, 0.717) is 28.6 Å². The normalized spacial score (nSPS) is 10.8. The molecule has 2 aromatic carbocycles. The van der Waals surface area contributed by atoms with Crippen LogP contribution in [0.3, 0.4) is 0 Å². The number of imidazole rings is 1. The SMILES string of the molecule is Cc1ccc(CNC(=O)c2cccc(-n3ccnc3SCC(=O)c3ccc(F)cc3)c2)o1. The molecule has 6 nitrogen and oxygen atoms in total. The number of hydrogen-bond donors (Lipinski definition) is 1. The molecule has 8 heteroatoms. The van der Waals surface area contributed by atoms with E-state index in [1.54, 1.807) is 30.6 Å². The first kappa shape index (κ1) is 21.6. The number of halogens is 1. The highest BCUT2D eigenvalue weighted by molar-refractivity contribution is 7.99. The van der Waals surface area contributed by atoms with Crippen LogP contribution in [-0.2, 0) is 6.54 Å². The van der Waals surface area contributed by atoms with Crippen molar-refractivity contribution >= 4 is 23.5 Å². The van der Waals surface area contributed by atoms with Crippen molar-refractivity contribution in [1.82, 2.24) is 14.9 Å². The minimum Gasteiger partial charge on any atom is -0.465 e. The third-order valence-corrected chi connectivity index (χ3v) is 5.68. The molecule has 0 radical (unpaired) electrons. The van der Waals surface area contributed by atoms with Gasteiger partial charge in [0.2, 0.25) is 0 Å². The second-order valence-corrected chi connectivity index (χ2v) is 7.99. The molecule has 0 aliphatic rings. The quantitative estimate of drug-likeness (QED) is 0.308. The van der Waals surface area contributed by atoms with Gasteiger partial charge in [0, 0.05) is 29.2 Å². The Morgan fingerprint density at radius 1 is 1.09 bits per heavy atom. The van der Waals surface area contributed by atoms with Crippen LogP contribution in [0, 0.1) is 12.7 Å². The topological polar surface area (TPSA) is 77.1 Å². The molecule has 0 spiro atoms. The molecule has 4 aromatic rings. The van der Waals surface area contributed by atoms with Gasteiger partial charge in [0.05, 0.1) is 12.3 Å². The van der Waals surface area contributed by atoms with E-state index in [9.17, 15) is 14.0 Å². The lowest BCUT2D eigenvalue weighted by Crippen LogP contribution is -2.22. The molecular weight excluding hydrogens is 429 g/mol. The summed E-state index contributed by atoms with van der Waals surface area (Å²) in [4.78, 5) is 29.3. The van der Waals surface area contributed by atoms with Gasteiger partial charge in [-0.2, -0.15) is 0 Å². The van der Waals surface area contributed by atoms with E-state index in [1.165, 1.54) is 36.0 Å². The van der Waals surface area contributed by atoms with Crippen LogP contribution >= 0.6 is 11.8 Å². The molecule has 0 saturated heterocycles. The van der Waals surface area contributed by atoms with Gasteiger partial charge in [-0.1, -0.05) is 17.8 Å². The third kappa shape index (κ3) is 5.15. The first-order valence-corrected chi connectivity index (χ1v) is 10.9. The molecule has 4 rings (SSSR count). The maximum absolute atomic E-state index is 13.1. The van der Waals surface area contributed by atoms with Crippen LogP contribution in [-0.4, -0.2) is 27.0 Å². The summed E-state index contributed by atoms with van der Waals surface area (Å²) in [7, 11) is 0. The zero-order valence-corrected chi connectivity index (χ0v) is 18.1. The van der Waals surface area contributed by atoms with E-state index in [-0.39, 0.29) is 23.3 Å². The van der Waals surface area contributed by atoms with Crippen LogP contribution in [0.2, 0.25) is 0 Å². The van der Waals surface area contributed by atoms with Gasteiger partial charge in [0.25, 0.3) is 5.91 Å². The first-order valence-electron chi connectivity index (χ1n) is 9.88. The molecule has 0 fully saturated rings. The van der Waals surface area contributed by atoms with Crippen LogP contribution in [0.25, 0.3) is 5.69 Å². The van der Waals surface area contributed by atoms with Crippen LogP contribution in [0.15, 0.2) is 82.6 Å². The van der Waals surface area contributed by atoms with Crippen molar-refractivity contribution in [2.24, 2.45) is 0 Å². The van der Waals surface area contributed by atoms with E-state index in [0.717, 1.165) is 11.4 Å². The number of nitrogens with one attached hydrogen (secondary N) is 1. The summed E-state index contributed by atoms with van der Waals surface area (Å²) in [6.07, 6.45) is 3.41. The summed E-state index contributed by atoms with van der Waals surface area (Å²) in [5.74, 6) is 0.914. The Bertz CT molecular complexity index is 1250. The van der Waals surface area contributed by atoms with Crippen molar-refractivity contribution in [3.8, 4) is 5.69 Å². The van der Waals surface area contributed by atoms with E-state index in [2.05, 4.69) is 10.3 Å². The van der Waals surface area contributed by atoms with Crippen molar-refractivity contribution in [2.45, 2.75) is 18.6 Å². The van der Waals surface area contributed by atoms with Crippen molar-refractivity contribution in [3.63, 3.8) is 0 Å². The van der Waals surface area contributed by atoms with E-state index in [4.69, 9.17) is 4.42 Å². The van der Waals surface area contributed by atoms with Crippen LogP contribution < -0.4 is 5.32 Å². The van der Waals surface area contributed by atoms with Gasteiger partial charge in [-0.05, 0) is 61.5 Å². The summed E-state index contributed by atoms with van der Waals surface area (Å²) in [5.41, 5.74) is 1.70. The summed E-state index contributed by atoms with van der Waals surface area (Å²) in [6.45, 7) is 2.15. The van der Waals surface area contributed by atoms with E-state index < -0.39 is 0 Å². The monoisotopic (exact) mass is 449 g/mol. The van der Waals surface area contributed by atoms with Gasteiger partial charge in [0.1, 0.15) is 17.3 Å². The Hall–Kier alpha value is -3.65. The molecule has 2 heterocycles. The van der Waals surface area contributed by atoms with Gasteiger partial charge in [0.15, 0.2) is 10.9 Å². The lowest BCUT2D eigenvalue weighted by atomic mass is 10.1. The molecule has 0 saturated carbocycles. The highest BCUT2D eigenvalue weighted by atomic mass is 32.2. The lowest BCUT2D eigenvalue weighted by molar-refractivity contribution is 0.0947. The number of thioether (sulfide) groups is 1. The summed E-state index contributed by atoms with van der Waals surface area (Å²) in [6, 6.07) is 16.3. The number of aryl methyl sites for hydroxylation is 1. The van der Waals surface area contributed by atoms with Crippen LogP contribution in [0.1, 0.15) is 32.2 Å². The fourth-order valence-electron chi connectivity index (χ4n) is 3.09. The number of aromatic nitrogens is 2. The Morgan fingerprint density at radius 2 is 1.91 bits per heavy atom. The highest BCUT2D eigenvalue weighted by Gasteiger charge is 2.13. The molecule has 2 aromatic heterocycles. The van der Waals surface area contributed by atoms with Crippen molar-refractivity contribution in [2.75, 3.05) is 5.75 Å². The molecule has 162 valence electrons. The fraction of sp³-hybridized carbons (Fsp3) is 0.125. The minimum absolute atomic E-state index is 0.120. The van der Waals surface area contributed by atoms with Gasteiger partial charge in [-0.15, -0.1) is 0 Å². The first-order chi connectivity index (χ1) is 15.5. The van der Waals surface area contributed by atoms with Gasteiger partial charge >= 0.3 is 0 Å². The number of furan rings is 1. The van der Waals surface area contributed by atoms with Crippen LogP contribution in [0.5, 0.6) is 0 Å². The van der Waals surface area contributed by atoms with Crippen molar-refractivity contribution in [1.29, 1.82) is 0 Å². The van der Waals surface area contributed by atoms with Gasteiger partial charge < -0.3 is 9.73 Å². The number of Topliss-reactive ketones (excluding diaryl/α,β-unsaturated/α-hetero) is 1. The molecule has 1 N–H and O–H groups in total. The van der Waals surface area contributed by atoms with Crippen LogP contribution in [0.4, 0.5) is 4.39 Å². The number of carbonyl (C=O) groups is 2. The highest BCUT2D eigenvalue weighted by Crippen LogP contribution is 2.22. The zero-order chi connectivity index (χ0) is 22.5. The maximum Gasteiger partial charge on any atom is 0.251 e. The van der Waals surface area contributed by atoms with Crippen molar-refractivity contribution < 1.29 is 18.4 Å². The Labute approximate surface area is 188 Å². The predicted octanol–water partition coefficient (Wildman–Crippen LogP) is 4.82. The summed E-state index contributed by atoms with van der Waals surface area (Å²) < 4.78 is 20.4. The molecule has 32 heavy (non-hydrogen) atoms. The zero-order valence-electron chi connectivity index (χ0n) is 17.2. The number of nitrogens with zero attached hydrogens (tertiary/aromatic N) is 2. The fourth-order valence-corrected chi connectivity index (χ4v) is 3.96. The Balaban J connectivity index is 1.43.